The van der Waals surface area contributed by atoms with Crippen molar-refractivity contribution < 1.29 is 31.5 Å². The first-order valence-electron chi connectivity index (χ1n) is 9.90. The predicted molar refractivity (Wildman–Crippen MR) is 99.4 cm³/mol. The molecule has 1 unspecified atom stereocenters. The molecule has 2 aliphatic carbocycles. The van der Waals surface area contributed by atoms with Crippen LogP contribution in [0.2, 0.25) is 0 Å². The fourth-order valence-electron chi connectivity index (χ4n) is 4.29. The zero-order chi connectivity index (χ0) is 22.4. The van der Waals surface area contributed by atoms with Gasteiger partial charge < -0.3 is 10.1 Å². The standard InChI is InChI=1S/C21H20F5N3O2/c1-20(9-12(10-20)31-11-7-13(22)16(24)14(23)8-11)18-17(27-5-6-28-18)19(30)29-15-3-2-4-21(15,25)26/h5-8,12,15H,2-4,9-10H2,1H3,(H,29,30). The van der Waals surface area contributed by atoms with E-state index in [1.807, 2.05) is 6.92 Å². The molecule has 1 aromatic heterocycles. The molecule has 1 N–H and O–H groups in total. The van der Waals surface area contributed by atoms with E-state index in [2.05, 4.69) is 15.3 Å². The molecule has 31 heavy (non-hydrogen) atoms. The van der Waals surface area contributed by atoms with Crippen LogP contribution in [0, 0.1) is 17.5 Å². The van der Waals surface area contributed by atoms with Crippen molar-refractivity contribution in [2.45, 2.75) is 62.5 Å². The third kappa shape index (κ3) is 4.07. The number of nitrogens with one attached hydrogen (secondary N) is 1. The molecule has 2 aliphatic rings. The number of rotatable bonds is 5. The third-order valence-electron chi connectivity index (χ3n) is 5.92. The van der Waals surface area contributed by atoms with E-state index in [4.69, 9.17) is 4.74 Å². The molecule has 0 bridgehead atoms. The van der Waals surface area contributed by atoms with Crippen LogP contribution < -0.4 is 10.1 Å². The van der Waals surface area contributed by atoms with Crippen molar-refractivity contribution in [1.82, 2.24) is 15.3 Å². The lowest BCUT2D eigenvalue weighted by Crippen LogP contribution is -2.48. The van der Waals surface area contributed by atoms with Crippen molar-refractivity contribution in [3.05, 3.63) is 53.4 Å². The molecule has 5 nitrogen and oxygen atoms in total. The van der Waals surface area contributed by atoms with Gasteiger partial charge in [-0.3, -0.25) is 9.78 Å². The Morgan fingerprint density at radius 1 is 1.13 bits per heavy atom. The average molecular weight is 441 g/mol. The first-order valence-corrected chi connectivity index (χ1v) is 9.90. The Kier molecular flexibility index (Phi) is 5.35. The Morgan fingerprint density at radius 3 is 2.39 bits per heavy atom. The average Bonchev–Trinajstić information content (AvgIpc) is 3.02. The number of aromatic nitrogens is 2. The highest BCUT2D eigenvalue weighted by atomic mass is 19.3. The number of ether oxygens (including phenoxy) is 1. The van der Waals surface area contributed by atoms with Crippen molar-refractivity contribution in [2.24, 2.45) is 0 Å². The van der Waals surface area contributed by atoms with Crippen LogP contribution in [0.15, 0.2) is 24.5 Å². The highest BCUT2D eigenvalue weighted by Crippen LogP contribution is 2.45. The van der Waals surface area contributed by atoms with Gasteiger partial charge in [-0.15, -0.1) is 0 Å². The molecular formula is C21H20F5N3O2. The van der Waals surface area contributed by atoms with Gasteiger partial charge in [-0.2, -0.15) is 0 Å². The molecule has 0 saturated heterocycles. The molecule has 4 rings (SSSR count). The van der Waals surface area contributed by atoms with Crippen LogP contribution in [-0.4, -0.2) is 33.9 Å². The second-order valence-corrected chi connectivity index (χ2v) is 8.34. The molecular weight excluding hydrogens is 421 g/mol. The van der Waals surface area contributed by atoms with Crippen molar-refractivity contribution in [3.63, 3.8) is 0 Å². The number of amides is 1. The topological polar surface area (TPSA) is 64.1 Å². The summed E-state index contributed by atoms with van der Waals surface area (Å²) in [5, 5.41) is 2.37. The minimum Gasteiger partial charge on any atom is -0.490 e. The highest BCUT2D eigenvalue weighted by molar-refractivity contribution is 5.94. The lowest BCUT2D eigenvalue weighted by molar-refractivity contribution is -0.0165. The Morgan fingerprint density at radius 2 is 1.77 bits per heavy atom. The first kappa shape index (κ1) is 21.5. The van der Waals surface area contributed by atoms with Crippen LogP contribution in [-0.2, 0) is 5.41 Å². The summed E-state index contributed by atoms with van der Waals surface area (Å²) in [5.74, 6) is -8.11. The molecule has 0 radical (unpaired) electrons. The number of halogens is 5. The molecule has 1 atom stereocenters. The van der Waals surface area contributed by atoms with Crippen molar-refractivity contribution >= 4 is 5.91 Å². The summed E-state index contributed by atoms with van der Waals surface area (Å²) in [6, 6.07) is 0.275. The predicted octanol–water partition coefficient (Wildman–Crippen LogP) is 4.31. The molecule has 166 valence electrons. The van der Waals surface area contributed by atoms with E-state index in [9.17, 15) is 26.7 Å². The monoisotopic (exact) mass is 441 g/mol. The van der Waals surface area contributed by atoms with Gasteiger partial charge in [0, 0.05) is 36.4 Å². The van der Waals surface area contributed by atoms with Crippen molar-refractivity contribution in [3.8, 4) is 5.75 Å². The van der Waals surface area contributed by atoms with Gasteiger partial charge >= 0.3 is 0 Å². The minimum atomic E-state index is -2.96. The summed E-state index contributed by atoms with van der Waals surface area (Å²) < 4.78 is 73.2. The van der Waals surface area contributed by atoms with Crippen molar-refractivity contribution in [2.75, 3.05) is 0 Å². The Bertz CT molecular complexity index is 987. The van der Waals surface area contributed by atoms with Crippen LogP contribution in [0.3, 0.4) is 0 Å². The summed E-state index contributed by atoms with van der Waals surface area (Å²) in [5.41, 5.74) is -0.351. The lowest BCUT2D eigenvalue weighted by atomic mass is 9.65. The number of benzene rings is 1. The van der Waals surface area contributed by atoms with Crippen LogP contribution in [0.25, 0.3) is 0 Å². The smallest absolute Gasteiger partial charge is 0.272 e. The Hall–Kier alpha value is -2.78. The minimum absolute atomic E-state index is 0.0370. The maximum absolute atomic E-state index is 13.9. The van der Waals surface area contributed by atoms with Gasteiger partial charge in [0.25, 0.3) is 11.8 Å². The van der Waals surface area contributed by atoms with E-state index in [0.29, 0.717) is 25.0 Å². The first-order chi connectivity index (χ1) is 14.6. The molecule has 1 aromatic carbocycles. The van der Waals surface area contributed by atoms with Gasteiger partial charge in [0.15, 0.2) is 17.5 Å². The summed E-state index contributed by atoms with van der Waals surface area (Å²) in [4.78, 5) is 21.0. The molecule has 0 aliphatic heterocycles. The molecule has 2 aromatic rings. The van der Waals surface area contributed by atoms with Gasteiger partial charge in [0.1, 0.15) is 17.5 Å². The van der Waals surface area contributed by atoms with Gasteiger partial charge in [0.2, 0.25) is 0 Å². The molecule has 0 spiro atoms. The summed E-state index contributed by atoms with van der Waals surface area (Å²) >= 11 is 0. The summed E-state index contributed by atoms with van der Waals surface area (Å²) in [6.45, 7) is 1.81. The maximum atomic E-state index is 13.9. The number of carbonyl (C=O) groups is 1. The number of hydrogen-bond donors (Lipinski definition) is 1. The fraction of sp³-hybridized carbons (Fsp3) is 0.476. The molecule has 10 heteroatoms. The quantitative estimate of drug-likeness (QED) is 0.555. The second-order valence-electron chi connectivity index (χ2n) is 8.34. The van der Waals surface area contributed by atoms with Crippen molar-refractivity contribution in [1.29, 1.82) is 0 Å². The van der Waals surface area contributed by atoms with Gasteiger partial charge in [0.05, 0.1) is 11.7 Å². The second kappa shape index (κ2) is 7.72. The lowest BCUT2D eigenvalue weighted by Gasteiger charge is -2.44. The largest absolute Gasteiger partial charge is 0.490 e. The maximum Gasteiger partial charge on any atom is 0.272 e. The Balaban J connectivity index is 1.47. The van der Waals surface area contributed by atoms with E-state index in [1.165, 1.54) is 12.4 Å². The SMILES string of the molecule is CC1(c2nccnc2C(=O)NC2CCCC2(F)F)CC(Oc2cc(F)c(F)c(F)c2)C1. The van der Waals surface area contributed by atoms with Gasteiger partial charge in [-0.05, 0) is 25.7 Å². The van der Waals surface area contributed by atoms with E-state index in [-0.39, 0.29) is 24.3 Å². The highest BCUT2D eigenvalue weighted by Gasteiger charge is 2.48. The van der Waals surface area contributed by atoms with E-state index in [1.54, 1.807) is 0 Å². The molecule has 1 heterocycles. The molecule has 2 saturated carbocycles. The molecule has 2 fully saturated rings. The van der Waals surface area contributed by atoms with Gasteiger partial charge in [-0.1, -0.05) is 6.92 Å². The van der Waals surface area contributed by atoms with Crippen LogP contribution in [0.1, 0.15) is 55.2 Å². The third-order valence-corrected chi connectivity index (χ3v) is 5.92. The van der Waals surface area contributed by atoms with Gasteiger partial charge in [-0.25, -0.2) is 26.9 Å². The number of alkyl halides is 2. The van der Waals surface area contributed by atoms with Crippen LogP contribution >= 0.6 is 0 Å². The fourth-order valence-corrected chi connectivity index (χ4v) is 4.29. The summed E-state index contributed by atoms with van der Waals surface area (Å²) in [7, 11) is 0. The molecule has 1 amide bonds. The summed E-state index contributed by atoms with van der Waals surface area (Å²) in [6.07, 6.45) is 3.18. The number of nitrogens with zero attached hydrogens (tertiary/aromatic N) is 2. The van der Waals surface area contributed by atoms with E-state index in [0.717, 1.165) is 12.1 Å². The number of hydrogen-bond acceptors (Lipinski definition) is 4. The normalized spacial score (nSPS) is 26.9. The number of carbonyl (C=O) groups excluding carboxylic acids is 1. The van der Waals surface area contributed by atoms with Crippen LogP contribution in [0.5, 0.6) is 5.75 Å². The zero-order valence-electron chi connectivity index (χ0n) is 16.6. The van der Waals surface area contributed by atoms with Crippen LogP contribution in [0.4, 0.5) is 22.0 Å². The Labute approximate surface area is 175 Å². The zero-order valence-corrected chi connectivity index (χ0v) is 16.6. The van der Waals surface area contributed by atoms with E-state index < -0.39 is 46.8 Å². The van der Waals surface area contributed by atoms with E-state index >= 15 is 0 Å².